The lowest BCUT2D eigenvalue weighted by Gasteiger charge is -2.17. The van der Waals surface area contributed by atoms with E-state index in [0.717, 1.165) is 10.9 Å². The maximum Gasteiger partial charge on any atom is 0.434 e. The highest BCUT2D eigenvalue weighted by molar-refractivity contribution is 7.13. The van der Waals surface area contributed by atoms with Crippen molar-refractivity contribution in [3.63, 3.8) is 0 Å². The fourth-order valence-electron chi connectivity index (χ4n) is 1.63. The second-order valence-electron chi connectivity index (χ2n) is 4.57. The Bertz CT molecular complexity index is 721. The third-order valence-electron chi connectivity index (χ3n) is 2.76. The van der Waals surface area contributed by atoms with Crippen molar-refractivity contribution in [2.75, 3.05) is 12.4 Å². The van der Waals surface area contributed by atoms with Crippen molar-refractivity contribution < 1.29 is 18.0 Å². The van der Waals surface area contributed by atoms with E-state index in [0.29, 0.717) is 21.4 Å². The molecule has 0 atom stereocenters. The number of carbonyl (C=O) groups excluding carboxylic acids is 1. The van der Waals surface area contributed by atoms with Crippen molar-refractivity contribution >= 4 is 45.7 Å². The minimum atomic E-state index is -4.54. The summed E-state index contributed by atoms with van der Waals surface area (Å²) < 4.78 is 37.4. The number of nitrogens with one attached hydrogen (secondary N) is 1. The van der Waals surface area contributed by atoms with Gasteiger partial charge in [-0.15, -0.1) is 11.3 Å². The third kappa shape index (κ3) is 4.73. The zero-order valence-electron chi connectivity index (χ0n) is 11.6. The molecule has 0 fully saturated rings. The van der Waals surface area contributed by atoms with Crippen molar-refractivity contribution in [3.8, 4) is 0 Å². The summed E-state index contributed by atoms with van der Waals surface area (Å²) in [6.45, 7) is 0.209. The highest BCUT2D eigenvalue weighted by Crippen LogP contribution is 2.31. The summed E-state index contributed by atoms with van der Waals surface area (Å²) in [5, 5.41) is 3.78. The molecule has 0 bridgehead atoms. The number of rotatable bonds is 3. The lowest BCUT2D eigenvalue weighted by Crippen LogP contribution is -2.30. The smallest absolute Gasteiger partial charge is 0.323 e. The Balaban J connectivity index is 1.99. The third-order valence-corrected chi connectivity index (χ3v) is 4.26. The summed E-state index contributed by atoms with van der Waals surface area (Å²) in [5.74, 6) is 0. The molecule has 2 rings (SSSR count). The molecular weight excluding hydrogens is 374 g/mol. The summed E-state index contributed by atoms with van der Waals surface area (Å²) in [4.78, 5) is 16.6. The van der Waals surface area contributed by atoms with Crippen LogP contribution in [0, 0.1) is 0 Å². The fourth-order valence-corrected chi connectivity index (χ4v) is 2.66. The van der Waals surface area contributed by atoms with Gasteiger partial charge in [-0.3, -0.25) is 5.32 Å². The lowest BCUT2D eigenvalue weighted by atomic mass is 10.2. The van der Waals surface area contributed by atoms with Crippen molar-refractivity contribution in [3.05, 3.63) is 44.9 Å². The van der Waals surface area contributed by atoms with Crippen LogP contribution in [-0.2, 0) is 12.7 Å². The van der Waals surface area contributed by atoms with Crippen LogP contribution in [0.15, 0.2) is 23.6 Å². The number of alkyl halides is 3. The second-order valence-corrected chi connectivity index (χ2v) is 6.24. The van der Waals surface area contributed by atoms with Crippen LogP contribution in [0.4, 0.5) is 23.1 Å². The zero-order valence-corrected chi connectivity index (χ0v) is 13.9. The molecule has 4 nitrogen and oxygen atoms in total. The maximum atomic E-state index is 12.5. The average molecular weight is 384 g/mol. The van der Waals surface area contributed by atoms with Gasteiger partial charge in [-0.05, 0) is 17.7 Å². The predicted molar refractivity (Wildman–Crippen MR) is 84.1 cm³/mol. The maximum absolute atomic E-state index is 12.5. The largest absolute Gasteiger partial charge is 0.434 e. The SMILES string of the molecule is CN(Cc1ccc(Cl)c(Cl)c1)C(=O)Nc1nc(C(F)(F)F)cs1. The van der Waals surface area contributed by atoms with Gasteiger partial charge in [-0.25, -0.2) is 9.78 Å². The minimum absolute atomic E-state index is 0.122. The molecule has 0 radical (unpaired) electrons. The molecule has 0 spiro atoms. The van der Waals surface area contributed by atoms with Crippen LogP contribution >= 0.6 is 34.5 Å². The number of nitrogens with zero attached hydrogens (tertiary/aromatic N) is 2. The highest BCUT2D eigenvalue weighted by Gasteiger charge is 2.34. The van der Waals surface area contributed by atoms with E-state index in [-0.39, 0.29) is 11.7 Å². The molecule has 0 saturated heterocycles. The number of urea groups is 1. The van der Waals surface area contributed by atoms with Gasteiger partial charge in [0.1, 0.15) is 0 Å². The first-order chi connectivity index (χ1) is 10.7. The van der Waals surface area contributed by atoms with Crippen molar-refractivity contribution in [1.82, 2.24) is 9.88 Å². The van der Waals surface area contributed by atoms with E-state index in [1.807, 2.05) is 0 Å². The molecule has 1 aromatic carbocycles. The van der Waals surface area contributed by atoms with Crippen molar-refractivity contribution in [2.24, 2.45) is 0 Å². The minimum Gasteiger partial charge on any atom is -0.323 e. The van der Waals surface area contributed by atoms with Crippen LogP contribution in [0.2, 0.25) is 10.0 Å². The van der Waals surface area contributed by atoms with E-state index in [1.54, 1.807) is 18.2 Å². The quantitative estimate of drug-likeness (QED) is 0.797. The summed E-state index contributed by atoms with van der Waals surface area (Å²) in [6, 6.07) is 4.32. The highest BCUT2D eigenvalue weighted by atomic mass is 35.5. The molecule has 1 N–H and O–H groups in total. The number of halogens is 5. The summed E-state index contributed by atoms with van der Waals surface area (Å²) in [7, 11) is 1.50. The number of carbonyl (C=O) groups is 1. The van der Waals surface area contributed by atoms with Crippen molar-refractivity contribution in [1.29, 1.82) is 0 Å². The van der Waals surface area contributed by atoms with Gasteiger partial charge in [0.25, 0.3) is 0 Å². The second kappa shape index (κ2) is 6.94. The van der Waals surface area contributed by atoms with Gasteiger partial charge in [0.15, 0.2) is 10.8 Å². The Kier molecular flexibility index (Phi) is 5.38. The molecule has 2 amide bonds. The normalized spacial score (nSPS) is 11.4. The van der Waals surface area contributed by atoms with Crippen LogP contribution in [0.3, 0.4) is 0 Å². The molecule has 23 heavy (non-hydrogen) atoms. The van der Waals surface area contributed by atoms with E-state index in [4.69, 9.17) is 23.2 Å². The fraction of sp³-hybridized carbons (Fsp3) is 0.231. The first-order valence-corrected chi connectivity index (χ1v) is 7.79. The van der Waals surface area contributed by atoms with Crippen molar-refractivity contribution in [2.45, 2.75) is 12.7 Å². The average Bonchev–Trinajstić information content (AvgIpc) is 2.91. The lowest BCUT2D eigenvalue weighted by molar-refractivity contribution is -0.140. The van der Waals surface area contributed by atoms with E-state index >= 15 is 0 Å². The van der Waals surface area contributed by atoms with Gasteiger partial charge >= 0.3 is 12.2 Å². The number of thiazole rings is 1. The Morgan fingerprint density at radius 1 is 1.35 bits per heavy atom. The molecule has 10 heteroatoms. The Labute approximate surface area is 143 Å². The van der Waals surface area contributed by atoms with E-state index in [1.165, 1.54) is 11.9 Å². The van der Waals surface area contributed by atoms with Gasteiger partial charge in [0.2, 0.25) is 0 Å². The van der Waals surface area contributed by atoms with Crippen LogP contribution in [0.5, 0.6) is 0 Å². The first-order valence-electron chi connectivity index (χ1n) is 6.15. The molecule has 0 saturated carbocycles. The number of anilines is 1. The zero-order chi connectivity index (χ0) is 17.2. The van der Waals surface area contributed by atoms with Gasteiger partial charge in [0, 0.05) is 19.0 Å². The van der Waals surface area contributed by atoms with Crippen LogP contribution in [0.1, 0.15) is 11.3 Å². The van der Waals surface area contributed by atoms with E-state index in [9.17, 15) is 18.0 Å². The molecule has 124 valence electrons. The van der Waals surface area contributed by atoms with E-state index < -0.39 is 17.9 Å². The molecule has 1 aromatic heterocycles. The molecular formula is C13H10Cl2F3N3OS. The number of hydrogen-bond acceptors (Lipinski definition) is 3. The Hall–Kier alpha value is -1.51. The number of hydrogen-bond donors (Lipinski definition) is 1. The Morgan fingerprint density at radius 3 is 2.61 bits per heavy atom. The number of benzene rings is 1. The summed E-state index contributed by atoms with van der Waals surface area (Å²) >= 11 is 12.4. The van der Waals surface area contributed by atoms with Gasteiger partial charge < -0.3 is 4.90 Å². The Morgan fingerprint density at radius 2 is 2.04 bits per heavy atom. The van der Waals surface area contributed by atoms with Crippen LogP contribution < -0.4 is 5.32 Å². The van der Waals surface area contributed by atoms with Gasteiger partial charge in [-0.1, -0.05) is 29.3 Å². The monoisotopic (exact) mass is 383 g/mol. The summed E-state index contributed by atoms with van der Waals surface area (Å²) in [6.07, 6.45) is -4.54. The number of aromatic nitrogens is 1. The van der Waals surface area contributed by atoms with Crippen LogP contribution in [0.25, 0.3) is 0 Å². The molecule has 0 aliphatic rings. The topological polar surface area (TPSA) is 45.2 Å². The predicted octanol–water partition coefficient (Wildman–Crippen LogP) is 5.13. The van der Waals surface area contributed by atoms with E-state index in [2.05, 4.69) is 10.3 Å². The van der Waals surface area contributed by atoms with Gasteiger partial charge in [0.05, 0.1) is 10.0 Å². The molecule has 0 aliphatic carbocycles. The first kappa shape index (κ1) is 17.8. The molecule has 0 aliphatic heterocycles. The summed E-state index contributed by atoms with van der Waals surface area (Å²) in [5.41, 5.74) is -0.308. The molecule has 2 aromatic rings. The van der Waals surface area contributed by atoms with Crippen LogP contribution in [-0.4, -0.2) is 23.0 Å². The molecule has 0 unspecified atom stereocenters. The standard InChI is InChI=1S/C13H10Cl2F3N3OS/c1-21(5-7-2-3-8(14)9(15)4-7)12(22)20-11-19-10(6-23-11)13(16,17)18/h2-4,6H,5H2,1H3,(H,19,20,22). The number of amides is 2. The van der Waals surface area contributed by atoms with Gasteiger partial charge in [-0.2, -0.15) is 13.2 Å². The molecule has 1 heterocycles.